The summed E-state index contributed by atoms with van der Waals surface area (Å²) < 4.78 is 0. The summed E-state index contributed by atoms with van der Waals surface area (Å²) in [6.45, 7) is 13.1. The highest BCUT2D eigenvalue weighted by Gasteiger charge is 2.41. The van der Waals surface area contributed by atoms with E-state index in [9.17, 15) is 9.59 Å². The van der Waals surface area contributed by atoms with E-state index in [4.69, 9.17) is 0 Å². The summed E-state index contributed by atoms with van der Waals surface area (Å²) in [5.41, 5.74) is 0.742. The minimum Gasteiger partial charge on any atom is -0.339 e. The molecule has 2 N–H and O–H groups in total. The number of amides is 3. The van der Waals surface area contributed by atoms with Gasteiger partial charge in [-0.2, -0.15) is 0 Å². The number of rotatable bonds is 7. The first-order chi connectivity index (χ1) is 13.6. The lowest BCUT2D eigenvalue weighted by molar-refractivity contribution is -0.134. The summed E-state index contributed by atoms with van der Waals surface area (Å²) in [4.78, 5) is 33.5. The molecule has 0 unspecified atom stereocenters. The zero-order valence-electron chi connectivity index (χ0n) is 18.4. The van der Waals surface area contributed by atoms with Gasteiger partial charge >= 0.3 is 6.03 Å². The van der Waals surface area contributed by atoms with E-state index >= 15 is 0 Å². The van der Waals surface area contributed by atoms with Crippen LogP contribution in [0, 0.1) is 0 Å². The van der Waals surface area contributed by atoms with Gasteiger partial charge in [0, 0.05) is 42.1 Å². The van der Waals surface area contributed by atoms with Crippen molar-refractivity contribution in [3.05, 3.63) is 11.1 Å². The van der Waals surface area contributed by atoms with E-state index in [0.717, 1.165) is 37.9 Å². The summed E-state index contributed by atoms with van der Waals surface area (Å²) >= 11 is 1.43. The zero-order chi connectivity index (χ0) is 21.2. The molecule has 8 heteroatoms. The Morgan fingerprint density at radius 2 is 2.00 bits per heavy atom. The molecule has 1 aromatic heterocycles. The molecular formula is C21H35N5O2S. The van der Waals surface area contributed by atoms with Crippen molar-refractivity contribution in [2.24, 2.45) is 0 Å². The monoisotopic (exact) mass is 421 g/mol. The molecule has 2 fully saturated rings. The first-order valence-corrected chi connectivity index (χ1v) is 11.6. The smallest absolute Gasteiger partial charge is 0.323 e. The molecule has 0 aliphatic carbocycles. The largest absolute Gasteiger partial charge is 0.339 e. The summed E-state index contributed by atoms with van der Waals surface area (Å²) in [6.07, 6.45) is 4.25. The van der Waals surface area contributed by atoms with Gasteiger partial charge in [-0.25, -0.2) is 9.78 Å². The molecule has 7 nitrogen and oxygen atoms in total. The van der Waals surface area contributed by atoms with Gasteiger partial charge in [-0.3, -0.25) is 9.69 Å². The molecule has 0 bridgehead atoms. The Labute approximate surface area is 178 Å². The Kier molecular flexibility index (Phi) is 6.53. The second-order valence-corrected chi connectivity index (χ2v) is 10.4. The molecule has 0 saturated carbocycles. The summed E-state index contributed by atoms with van der Waals surface area (Å²) in [6, 6.07) is 0.115. The lowest BCUT2D eigenvalue weighted by Gasteiger charge is -2.49. The second kappa shape index (κ2) is 8.60. The van der Waals surface area contributed by atoms with E-state index in [1.165, 1.54) is 11.3 Å². The van der Waals surface area contributed by atoms with Crippen molar-refractivity contribution >= 4 is 28.4 Å². The third-order valence-corrected chi connectivity index (χ3v) is 6.55. The molecule has 1 aromatic rings. The van der Waals surface area contributed by atoms with Crippen molar-refractivity contribution in [1.82, 2.24) is 20.5 Å². The van der Waals surface area contributed by atoms with Crippen molar-refractivity contribution in [2.75, 3.05) is 24.5 Å². The highest BCUT2D eigenvalue weighted by molar-refractivity contribution is 7.14. The molecular weight excluding hydrogens is 386 g/mol. The number of nitrogens with one attached hydrogen (secondary N) is 2. The van der Waals surface area contributed by atoms with Gasteiger partial charge in [0.05, 0.1) is 12.1 Å². The van der Waals surface area contributed by atoms with Crippen LogP contribution in [0.1, 0.15) is 66.0 Å². The number of carbonyl (C=O) groups is 2. The summed E-state index contributed by atoms with van der Waals surface area (Å²) in [5, 5.41) is 9.08. The van der Waals surface area contributed by atoms with Gasteiger partial charge in [0.15, 0.2) is 5.13 Å². The van der Waals surface area contributed by atoms with Crippen molar-refractivity contribution in [2.45, 2.75) is 83.8 Å². The Hall–Kier alpha value is -1.67. The van der Waals surface area contributed by atoms with E-state index in [1.54, 1.807) is 4.90 Å². The Morgan fingerprint density at radius 3 is 2.59 bits per heavy atom. The highest BCUT2D eigenvalue weighted by atomic mass is 32.1. The van der Waals surface area contributed by atoms with Crippen molar-refractivity contribution in [3.63, 3.8) is 0 Å². The number of hydrogen-bond donors (Lipinski definition) is 2. The molecule has 2 aliphatic rings. The molecule has 2 saturated heterocycles. The maximum absolute atomic E-state index is 13.3. The highest BCUT2D eigenvalue weighted by Crippen LogP contribution is 2.32. The number of piperidine rings is 1. The van der Waals surface area contributed by atoms with Gasteiger partial charge in [-0.1, -0.05) is 13.3 Å². The van der Waals surface area contributed by atoms with Gasteiger partial charge in [0.25, 0.3) is 0 Å². The third kappa shape index (κ3) is 5.48. The van der Waals surface area contributed by atoms with Crippen molar-refractivity contribution in [3.8, 4) is 0 Å². The molecule has 29 heavy (non-hydrogen) atoms. The van der Waals surface area contributed by atoms with E-state index in [0.29, 0.717) is 24.6 Å². The zero-order valence-corrected chi connectivity index (χ0v) is 19.2. The predicted octanol–water partition coefficient (Wildman–Crippen LogP) is 3.15. The summed E-state index contributed by atoms with van der Waals surface area (Å²) in [5.74, 6) is 0.139. The predicted molar refractivity (Wildman–Crippen MR) is 117 cm³/mol. The normalized spacial score (nSPS) is 21.3. The number of thiazole rings is 1. The number of hydrogen-bond acceptors (Lipinski definition) is 5. The molecule has 2 aliphatic heterocycles. The van der Waals surface area contributed by atoms with Gasteiger partial charge < -0.3 is 15.5 Å². The maximum Gasteiger partial charge on any atom is 0.323 e. The Bertz CT molecular complexity index is 729. The fourth-order valence-electron chi connectivity index (χ4n) is 4.74. The average Bonchev–Trinajstić information content (AvgIpc) is 3.21. The van der Waals surface area contributed by atoms with Crippen LogP contribution in [-0.4, -0.2) is 58.6 Å². The van der Waals surface area contributed by atoms with Crippen LogP contribution in [0.4, 0.5) is 9.93 Å². The van der Waals surface area contributed by atoms with Crippen LogP contribution in [0.5, 0.6) is 0 Å². The van der Waals surface area contributed by atoms with Gasteiger partial charge in [0.1, 0.15) is 0 Å². The number of anilines is 1. The Morgan fingerprint density at radius 1 is 1.31 bits per heavy atom. The van der Waals surface area contributed by atoms with Crippen molar-refractivity contribution in [1.29, 1.82) is 0 Å². The molecule has 162 valence electrons. The number of aromatic nitrogens is 1. The second-order valence-electron chi connectivity index (χ2n) is 9.58. The van der Waals surface area contributed by atoms with Gasteiger partial charge in [0.2, 0.25) is 5.91 Å². The standard InChI is InChI=1S/C21H35N5O2S/c1-6-7-9-25(16-12-20(2,3)24-21(4,5)13-16)17(27)11-15-14-29-19(23-15)26-10-8-22-18(26)28/h14,16,24H,6-13H2,1-5H3,(H,22,28). The van der Waals surface area contributed by atoms with Crippen LogP contribution >= 0.6 is 11.3 Å². The Balaban J connectivity index is 1.72. The molecule has 3 heterocycles. The maximum atomic E-state index is 13.3. The van der Waals surface area contributed by atoms with Crippen LogP contribution in [0.15, 0.2) is 5.38 Å². The van der Waals surface area contributed by atoms with E-state index in [-0.39, 0.29) is 29.1 Å². The fourth-order valence-corrected chi connectivity index (χ4v) is 5.59. The third-order valence-electron chi connectivity index (χ3n) is 5.64. The molecule has 0 atom stereocenters. The summed E-state index contributed by atoms with van der Waals surface area (Å²) in [7, 11) is 0. The SMILES string of the molecule is CCCCN(C(=O)Cc1csc(N2CCNC2=O)n1)C1CC(C)(C)NC(C)(C)C1. The first-order valence-electron chi connectivity index (χ1n) is 10.7. The van der Waals surface area contributed by atoms with E-state index in [2.05, 4.69) is 55.1 Å². The molecule has 3 rings (SSSR count). The molecule has 0 radical (unpaired) electrons. The van der Waals surface area contributed by atoms with Crippen LogP contribution in [0.2, 0.25) is 0 Å². The lowest BCUT2D eigenvalue weighted by atomic mass is 9.79. The topological polar surface area (TPSA) is 77.6 Å². The van der Waals surface area contributed by atoms with E-state index in [1.807, 2.05) is 5.38 Å². The number of carbonyl (C=O) groups excluding carboxylic acids is 2. The van der Waals surface area contributed by atoms with Crippen LogP contribution in [-0.2, 0) is 11.2 Å². The fraction of sp³-hybridized carbons (Fsp3) is 0.762. The average molecular weight is 422 g/mol. The van der Waals surface area contributed by atoms with E-state index < -0.39 is 0 Å². The number of urea groups is 1. The first kappa shape index (κ1) is 22.0. The van der Waals surface area contributed by atoms with Crippen LogP contribution < -0.4 is 15.5 Å². The lowest BCUT2D eigenvalue weighted by Crippen LogP contribution is -2.63. The van der Waals surface area contributed by atoms with Crippen LogP contribution in [0.3, 0.4) is 0 Å². The molecule has 0 spiro atoms. The minimum absolute atomic E-state index is 0.00588. The number of unbranched alkanes of at least 4 members (excludes halogenated alkanes) is 1. The number of nitrogens with zero attached hydrogens (tertiary/aromatic N) is 3. The van der Waals surface area contributed by atoms with Crippen LogP contribution in [0.25, 0.3) is 0 Å². The molecule has 3 amide bonds. The van der Waals surface area contributed by atoms with Gasteiger partial charge in [-0.15, -0.1) is 11.3 Å². The quantitative estimate of drug-likeness (QED) is 0.709. The van der Waals surface area contributed by atoms with Crippen molar-refractivity contribution < 1.29 is 9.59 Å². The van der Waals surface area contributed by atoms with Gasteiger partial charge in [-0.05, 0) is 47.0 Å². The molecule has 0 aromatic carbocycles. The minimum atomic E-state index is -0.110.